The lowest BCUT2D eigenvalue weighted by Gasteiger charge is -2.15. The first-order valence-corrected chi connectivity index (χ1v) is 6.40. The Labute approximate surface area is 104 Å². The smallest absolute Gasteiger partial charge is 0.356 e. The molecule has 1 fully saturated rings. The molecule has 3 nitrogen and oxygen atoms in total. The minimum Gasteiger partial charge on any atom is -0.356 e. The van der Waals surface area contributed by atoms with Crippen molar-refractivity contribution in [3.05, 3.63) is 12.4 Å². The highest BCUT2D eigenvalue weighted by atomic mass is 19.4. The zero-order valence-electron chi connectivity index (χ0n) is 10.2. The van der Waals surface area contributed by atoms with Crippen LogP contribution >= 0.6 is 0 Å². The summed E-state index contributed by atoms with van der Waals surface area (Å²) >= 11 is 0. The van der Waals surface area contributed by atoms with Crippen molar-refractivity contribution in [3.63, 3.8) is 0 Å². The van der Waals surface area contributed by atoms with Crippen LogP contribution in [0.1, 0.15) is 44.6 Å². The molecule has 6 heteroatoms. The summed E-state index contributed by atoms with van der Waals surface area (Å²) in [5.41, 5.74) is 0. The fourth-order valence-electron chi connectivity index (χ4n) is 2.42. The lowest BCUT2D eigenvalue weighted by molar-refractivity contribution is -0.134. The molecular weight excluding hydrogens is 243 g/mol. The molecule has 0 amide bonds. The average molecular weight is 261 g/mol. The van der Waals surface area contributed by atoms with Crippen LogP contribution in [0.15, 0.2) is 12.4 Å². The first-order chi connectivity index (χ1) is 8.56. The quantitative estimate of drug-likeness (QED) is 0.818. The first-order valence-electron chi connectivity index (χ1n) is 6.40. The van der Waals surface area contributed by atoms with Crippen molar-refractivity contribution in [1.29, 1.82) is 0 Å². The van der Waals surface area contributed by atoms with E-state index in [4.69, 9.17) is 0 Å². The summed E-state index contributed by atoms with van der Waals surface area (Å²) in [5.74, 6) is 0.698. The van der Waals surface area contributed by atoms with E-state index in [-0.39, 0.29) is 6.42 Å². The van der Waals surface area contributed by atoms with Crippen molar-refractivity contribution < 1.29 is 13.2 Å². The van der Waals surface area contributed by atoms with E-state index in [9.17, 15) is 13.2 Å². The molecular formula is C12H18F3N3. The molecule has 1 aliphatic carbocycles. The third-order valence-electron chi connectivity index (χ3n) is 3.31. The van der Waals surface area contributed by atoms with E-state index < -0.39 is 12.6 Å². The number of halogens is 3. The van der Waals surface area contributed by atoms with Gasteiger partial charge in [0.15, 0.2) is 0 Å². The topological polar surface area (TPSA) is 29.9 Å². The summed E-state index contributed by atoms with van der Waals surface area (Å²) in [6, 6.07) is 0.456. The summed E-state index contributed by atoms with van der Waals surface area (Å²) in [7, 11) is 0. The number of anilines is 1. The maximum Gasteiger partial charge on any atom is 0.389 e. The van der Waals surface area contributed by atoms with Gasteiger partial charge in [-0.15, -0.1) is 0 Å². The fourth-order valence-corrected chi connectivity index (χ4v) is 2.42. The zero-order chi connectivity index (χ0) is 13.0. The van der Waals surface area contributed by atoms with Gasteiger partial charge in [-0.05, 0) is 19.3 Å². The summed E-state index contributed by atoms with van der Waals surface area (Å²) < 4.78 is 38.0. The first kappa shape index (κ1) is 13.2. The number of aromatic nitrogens is 2. The zero-order valence-corrected chi connectivity index (χ0v) is 10.2. The summed E-state index contributed by atoms with van der Waals surface area (Å²) in [6.45, 7) is 0.309. The van der Waals surface area contributed by atoms with Gasteiger partial charge in [0.25, 0.3) is 0 Å². The highest BCUT2D eigenvalue weighted by molar-refractivity contribution is 5.26. The molecule has 0 bridgehead atoms. The van der Waals surface area contributed by atoms with E-state index in [1.165, 1.54) is 12.8 Å². The van der Waals surface area contributed by atoms with E-state index in [1.54, 1.807) is 6.20 Å². The molecule has 1 aromatic rings. The second-order valence-electron chi connectivity index (χ2n) is 4.74. The van der Waals surface area contributed by atoms with Crippen molar-refractivity contribution in [2.45, 2.75) is 50.7 Å². The molecule has 0 aromatic carbocycles. The molecule has 18 heavy (non-hydrogen) atoms. The number of nitrogens with one attached hydrogen (secondary N) is 1. The van der Waals surface area contributed by atoms with Gasteiger partial charge in [-0.3, -0.25) is 0 Å². The molecule has 102 valence electrons. The maximum absolute atomic E-state index is 12.0. The number of rotatable bonds is 5. The molecule has 0 spiro atoms. The van der Waals surface area contributed by atoms with E-state index in [0.29, 0.717) is 18.5 Å². The highest BCUT2D eigenvalue weighted by Gasteiger charge is 2.26. The van der Waals surface area contributed by atoms with Crippen molar-refractivity contribution in [3.8, 4) is 0 Å². The van der Waals surface area contributed by atoms with Gasteiger partial charge in [-0.2, -0.15) is 13.2 Å². The summed E-state index contributed by atoms with van der Waals surface area (Å²) in [5, 5.41) is 2.99. The van der Waals surface area contributed by atoms with Crippen LogP contribution in [0.2, 0.25) is 0 Å². The Kier molecular flexibility index (Phi) is 4.14. The SMILES string of the molecule is FC(F)(F)CCCNc1nccn1C1CCCC1. The minimum absolute atomic E-state index is 0.0844. The Bertz CT molecular complexity index is 367. The molecule has 0 saturated heterocycles. The molecule has 1 heterocycles. The minimum atomic E-state index is -4.07. The predicted molar refractivity (Wildman–Crippen MR) is 63.5 cm³/mol. The van der Waals surface area contributed by atoms with Crippen LogP contribution < -0.4 is 5.32 Å². The standard InChI is InChI=1S/C12H18F3N3/c13-12(14,15)6-3-7-16-11-17-8-9-18(11)10-4-1-2-5-10/h8-10H,1-7H2,(H,16,17). The molecule has 0 unspecified atom stereocenters. The highest BCUT2D eigenvalue weighted by Crippen LogP contribution is 2.31. The van der Waals surface area contributed by atoms with Crippen molar-refractivity contribution in [2.24, 2.45) is 0 Å². The van der Waals surface area contributed by atoms with Crippen molar-refractivity contribution in [2.75, 3.05) is 11.9 Å². The van der Waals surface area contributed by atoms with Crippen LogP contribution in [0.3, 0.4) is 0 Å². The van der Waals surface area contributed by atoms with Crippen molar-refractivity contribution >= 4 is 5.95 Å². The molecule has 1 N–H and O–H groups in total. The number of hydrogen-bond donors (Lipinski definition) is 1. The Morgan fingerprint density at radius 2 is 2.06 bits per heavy atom. The monoisotopic (exact) mass is 261 g/mol. The third-order valence-corrected chi connectivity index (χ3v) is 3.31. The van der Waals surface area contributed by atoms with E-state index in [0.717, 1.165) is 12.8 Å². The lowest BCUT2D eigenvalue weighted by Crippen LogP contribution is -2.14. The van der Waals surface area contributed by atoms with E-state index >= 15 is 0 Å². The van der Waals surface area contributed by atoms with Gasteiger partial charge in [0.1, 0.15) is 0 Å². The molecule has 1 aromatic heterocycles. The second kappa shape index (κ2) is 5.63. The van der Waals surface area contributed by atoms with Gasteiger partial charge >= 0.3 is 6.18 Å². The molecule has 1 aliphatic rings. The van der Waals surface area contributed by atoms with Gasteiger partial charge in [0, 0.05) is 31.4 Å². The molecule has 1 saturated carbocycles. The van der Waals surface area contributed by atoms with Gasteiger partial charge in [0.2, 0.25) is 5.95 Å². The maximum atomic E-state index is 12.0. The Morgan fingerprint density at radius 1 is 1.33 bits per heavy atom. The van der Waals surface area contributed by atoms with Crippen LogP contribution in [-0.4, -0.2) is 22.3 Å². The van der Waals surface area contributed by atoms with Crippen LogP contribution in [0.25, 0.3) is 0 Å². The van der Waals surface area contributed by atoms with Crippen LogP contribution in [-0.2, 0) is 0 Å². The molecule has 0 radical (unpaired) electrons. The fraction of sp³-hybridized carbons (Fsp3) is 0.750. The Balaban J connectivity index is 1.81. The largest absolute Gasteiger partial charge is 0.389 e. The number of nitrogens with zero attached hydrogens (tertiary/aromatic N) is 2. The van der Waals surface area contributed by atoms with Crippen LogP contribution in [0, 0.1) is 0 Å². The second-order valence-corrected chi connectivity index (χ2v) is 4.74. The average Bonchev–Trinajstić information content (AvgIpc) is 2.93. The normalized spacial score (nSPS) is 17.3. The third kappa shape index (κ3) is 3.65. The summed E-state index contributed by atoms with van der Waals surface area (Å²) in [6.07, 6.45) is 3.58. The predicted octanol–water partition coefficient (Wildman–Crippen LogP) is 3.75. The Morgan fingerprint density at radius 3 is 2.72 bits per heavy atom. The van der Waals surface area contributed by atoms with Gasteiger partial charge in [-0.25, -0.2) is 4.98 Å². The lowest BCUT2D eigenvalue weighted by atomic mass is 10.2. The number of hydrogen-bond acceptors (Lipinski definition) is 2. The van der Waals surface area contributed by atoms with Crippen molar-refractivity contribution in [1.82, 2.24) is 9.55 Å². The number of alkyl halides is 3. The van der Waals surface area contributed by atoms with E-state index in [2.05, 4.69) is 14.9 Å². The summed E-state index contributed by atoms with van der Waals surface area (Å²) in [4.78, 5) is 4.17. The van der Waals surface area contributed by atoms with E-state index in [1.807, 2.05) is 6.20 Å². The van der Waals surface area contributed by atoms with Gasteiger partial charge in [0.05, 0.1) is 0 Å². The number of imidazole rings is 1. The van der Waals surface area contributed by atoms with Gasteiger partial charge < -0.3 is 9.88 Å². The Hall–Kier alpha value is -1.20. The van der Waals surface area contributed by atoms with Crippen LogP contribution in [0.5, 0.6) is 0 Å². The molecule has 2 rings (SSSR count). The van der Waals surface area contributed by atoms with Crippen LogP contribution in [0.4, 0.5) is 19.1 Å². The molecule has 0 atom stereocenters. The van der Waals surface area contributed by atoms with Gasteiger partial charge in [-0.1, -0.05) is 12.8 Å². The molecule has 0 aliphatic heterocycles.